The molecule has 0 amide bonds. The van der Waals surface area contributed by atoms with Crippen LogP contribution in [0.15, 0.2) is 77.7 Å². The Hall–Kier alpha value is -3.67. The molecule has 8 heteroatoms. The van der Waals surface area contributed by atoms with Crippen molar-refractivity contribution in [1.29, 1.82) is 5.26 Å². The lowest BCUT2D eigenvalue weighted by Gasteiger charge is -2.10. The summed E-state index contributed by atoms with van der Waals surface area (Å²) in [6, 6.07) is 23.5. The molecule has 0 saturated carbocycles. The van der Waals surface area contributed by atoms with E-state index in [1.807, 2.05) is 37.3 Å². The Morgan fingerprint density at radius 3 is 2.51 bits per heavy atom. The average Bonchev–Trinajstić information content (AvgIpc) is 3.22. The van der Waals surface area contributed by atoms with Crippen LogP contribution in [0.3, 0.4) is 0 Å². The molecule has 0 fully saturated rings. The third-order valence-corrected chi connectivity index (χ3v) is 7.13. The molecule has 0 saturated heterocycles. The summed E-state index contributed by atoms with van der Waals surface area (Å²) < 4.78 is 35.9. The molecule has 1 aromatic heterocycles. The predicted octanol–water partition coefficient (Wildman–Crippen LogP) is 4.92. The van der Waals surface area contributed by atoms with Gasteiger partial charge in [0.2, 0.25) is 0 Å². The molecule has 0 bridgehead atoms. The van der Waals surface area contributed by atoms with Crippen LogP contribution in [-0.4, -0.2) is 31.2 Å². The third-order valence-electron chi connectivity index (χ3n) is 5.73. The first-order valence-corrected chi connectivity index (χ1v) is 13.1. The van der Waals surface area contributed by atoms with E-state index >= 15 is 0 Å². The van der Waals surface area contributed by atoms with Crippen molar-refractivity contribution in [3.8, 4) is 6.07 Å². The number of aromatic nitrogens is 2. The van der Waals surface area contributed by atoms with Crippen LogP contribution in [0.4, 0.5) is 5.69 Å². The number of anilines is 1. The van der Waals surface area contributed by atoms with Gasteiger partial charge in [0, 0.05) is 26.2 Å². The van der Waals surface area contributed by atoms with E-state index in [1.165, 1.54) is 0 Å². The second kappa shape index (κ2) is 11.2. The lowest BCUT2D eigenvalue weighted by Crippen LogP contribution is -2.12. The molecular weight excluding hydrogens is 460 g/mol. The first-order chi connectivity index (χ1) is 17.0. The molecule has 0 aliphatic heterocycles. The second-order valence-corrected chi connectivity index (χ2v) is 9.84. The Kier molecular flexibility index (Phi) is 7.80. The molecule has 1 heterocycles. The van der Waals surface area contributed by atoms with Crippen LogP contribution in [0.1, 0.15) is 30.3 Å². The number of nitrogens with zero attached hydrogens (tertiary/aromatic N) is 3. The van der Waals surface area contributed by atoms with Crippen molar-refractivity contribution in [2.75, 3.05) is 17.9 Å². The van der Waals surface area contributed by atoms with E-state index in [2.05, 4.69) is 15.4 Å². The van der Waals surface area contributed by atoms with E-state index in [4.69, 9.17) is 15.0 Å². The van der Waals surface area contributed by atoms with E-state index in [-0.39, 0.29) is 4.90 Å². The Bertz CT molecular complexity index is 1420. The Morgan fingerprint density at radius 2 is 1.80 bits per heavy atom. The first-order valence-electron chi connectivity index (χ1n) is 11.6. The molecule has 4 rings (SSSR count). The van der Waals surface area contributed by atoms with E-state index in [9.17, 15) is 8.42 Å². The van der Waals surface area contributed by atoms with Crippen LogP contribution in [-0.2, 0) is 34.1 Å². The second-order valence-electron chi connectivity index (χ2n) is 8.16. The lowest BCUT2D eigenvalue weighted by molar-refractivity contribution is 0.141. The largest absolute Gasteiger partial charge is 0.382 e. The highest BCUT2D eigenvalue weighted by Gasteiger charge is 2.16. The summed E-state index contributed by atoms with van der Waals surface area (Å²) in [6.45, 7) is 4.09. The molecular formula is C27H28N4O3S. The van der Waals surface area contributed by atoms with E-state index in [0.717, 1.165) is 48.2 Å². The topological polar surface area (TPSA) is 97.0 Å². The first kappa shape index (κ1) is 24.5. The number of benzene rings is 3. The number of imidazole rings is 1. The van der Waals surface area contributed by atoms with Crippen molar-refractivity contribution < 1.29 is 13.2 Å². The molecule has 3 aromatic carbocycles. The van der Waals surface area contributed by atoms with Crippen LogP contribution in [0.5, 0.6) is 0 Å². The lowest BCUT2D eigenvalue weighted by atomic mass is 10.1. The smallest absolute Gasteiger partial charge is 0.261 e. The van der Waals surface area contributed by atoms with Crippen molar-refractivity contribution in [1.82, 2.24) is 9.55 Å². The molecule has 4 aromatic rings. The van der Waals surface area contributed by atoms with Crippen LogP contribution >= 0.6 is 0 Å². The minimum absolute atomic E-state index is 0.213. The summed E-state index contributed by atoms with van der Waals surface area (Å²) in [5.41, 5.74) is 3.94. The minimum atomic E-state index is -3.68. The van der Waals surface area contributed by atoms with Gasteiger partial charge < -0.3 is 9.30 Å². The quantitative estimate of drug-likeness (QED) is 0.302. The van der Waals surface area contributed by atoms with Crippen LogP contribution < -0.4 is 4.72 Å². The zero-order valence-corrected chi connectivity index (χ0v) is 20.5. The number of hydrogen-bond donors (Lipinski definition) is 1. The summed E-state index contributed by atoms with van der Waals surface area (Å²) in [5, 5.41) is 9.02. The highest BCUT2D eigenvalue weighted by Crippen LogP contribution is 2.24. The summed E-state index contributed by atoms with van der Waals surface area (Å²) in [6.07, 6.45) is 2.36. The van der Waals surface area contributed by atoms with Crippen molar-refractivity contribution >= 4 is 26.7 Å². The zero-order chi connectivity index (χ0) is 24.7. The van der Waals surface area contributed by atoms with Gasteiger partial charge in [0.15, 0.2) is 0 Å². The maximum absolute atomic E-state index is 12.7. The summed E-state index contributed by atoms with van der Waals surface area (Å²) >= 11 is 0. The number of nitrogens with one attached hydrogen (secondary N) is 1. The maximum atomic E-state index is 12.7. The summed E-state index contributed by atoms with van der Waals surface area (Å²) in [7, 11) is -3.68. The summed E-state index contributed by atoms with van der Waals surface area (Å²) in [4.78, 5) is 5.07. The normalized spacial score (nSPS) is 11.4. The summed E-state index contributed by atoms with van der Waals surface area (Å²) in [5.74, 6) is 0.934. The molecule has 0 aliphatic carbocycles. The number of sulfonamides is 1. The monoisotopic (exact) mass is 488 g/mol. The van der Waals surface area contributed by atoms with Gasteiger partial charge in [0.05, 0.1) is 33.2 Å². The van der Waals surface area contributed by atoms with Gasteiger partial charge in [0.1, 0.15) is 5.82 Å². The number of ether oxygens (including phenoxy) is 1. The van der Waals surface area contributed by atoms with Gasteiger partial charge in [-0.25, -0.2) is 13.4 Å². The van der Waals surface area contributed by atoms with Gasteiger partial charge in [-0.2, -0.15) is 5.26 Å². The number of rotatable bonds is 11. The van der Waals surface area contributed by atoms with Gasteiger partial charge in [0.25, 0.3) is 10.0 Å². The SMILES string of the molecule is CCOCCCn1c(CCc2ccc(C#N)cc2)nc2cc(NS(=O)(=O)c3ccccc3)ccc21. The molecule has 0 radical (unpaired) electrons. The van der Waals surface area contributed by atoms with Crippen molar-refractivity contribution in [2.45, 2.75) is 37.6 Å². The van der Waals surface area contributed by atoms with Gasteiger partial charge in [-0.3, -0.25) is 4.72 Å². The standard InChI is InChI=1S/C27H28N4O3S/c1-2-34-18-6-17-31-26-15-14-23(30-35(32,33)24-7-4-3-5-8-24)19-25(26)29-27(31)16-13-21-9-11-22(20-28)12-10-21/h3-5,7-12,14-15,19,30H,2,6,13,16-18H2,1H3. The fourth-order valence-corrected chi connectivity index (χ4v) is 5.04. The van der Waals surface area contributed by atoms with Crippen molar-refractivity contribution in [3.05, 3.63) is 89.7 Å². The van der Waals surface area contributed by atoms with E-state index in [1.54, 1.807) is 42.5 Å². The van der Waals surface area contributed by atoms with E-state index < -0.39 is 10.0 Å². The molecule has 0 spiro atoms. The van der Waals surface area contributed by atoms with Gasteiger partial charge in [-0.05, 0) is 67.8 Å². The molecule has 1 N–H and O–H groups in total. The van der Waals surface area contributed by atoms with Gasteiger partial charge in [-0.1, -0.05) is 30.3 Å². The Morgan fingerprint density at radius 1 is 1.03 bits per heavy atom. The van der Waals surface area contributed by atoms with Crippen molar-refractivity contribution in [2.24, 2.45) is 0 Å². The molecule has 0 aliphatic rings. The Labute approximate surface area is 206 Å². The van der Waals surface area contributed by atoms with Crippen molar-refractivity contribution in [3.63, 3.8) is 0 Å². The number of fused-ring (bicyclic) bond motifs is 1. The maximum Gasteiger partial charge on any atom is 0.261 e. The highest BCUT2D eigenvalue weighted by atomic mass is 32.2. The molecule has 7 nitrogen and oxygen atoms in total. The Balaban J connectivity index is 1.59. The predicted molar refractivity (Wildman–Crippen MR) is 137 cm³/mol. The molecule has 35 heavy (non-hydrogen) atoms. The third kappa shape index (κ3) is 6.07. The number of hydrogen-bond acceptors (Lipinski definition) is 5. The molecule has 0 unspecified atom stereocenters. The highest BCUT2D eigenvalue weighted by molar-refractivity contribution is 7.92. The minimum Gasteiger partial charge on any atom is -0.382 e. The number of aryl methyl sites for hydroxylation is 3. The number of nitriles is 1. The average molecular weight is 489 g/mol. The van der Waals surface area contributed by atoms with E-state index in [0.29, 0.717) is 24.5 Å². The molecule has 180 valence electrons. The fraction of sp³-hybridized carbons (Fsp3) is 0.259. The zero-order valence-electron chi connectivity index (χ0n) is 19.6. The fourth-order valence-electron chi connectivity index (χ4n) is 3.97. The van der Waals surface area contributed by atoms with Crippen LogP contribution in [0.2, 0.25) is 0 Å². The van der Waals surface area contributed by atoms with Gasteiger partial charge >= 0.3 is 0 Å². The van der Waals surface area contributed by atoms with Gasteiger partial charge in [-0.15, -0.1) is 0 Å². The molecule has 0 atom stereocenters. The van der Waals surface area contributed by atoms with Crippen LogP contribution in [0.25, 0.3) is 11.0 Å². The van der Waals surface area contributed by atoms with Crippen LogP contribution in [0, 0.1) is 11.3 Å².